The van der Waals surface area contributed by atoms with Crippen LogP contribution >= 0.6 is 0 Å². The average Bonchev–Trinajstić information content (AvgIpc) is 2.81. The molecule has 4 rings (SSSR count). The van der Waals surface area contributed by atoms with Crippen molar-refractivity contribution in [1.29, 1.82) is 0 Å². The van der Waals surface area contributed by atoms with Crippen molar-refractivity contribution in [3.63, 3.8) is 0 Å². The van der Waals surface area contributed by atoms with Crippen LogP contribution in [-0.4, -0.2) is 104 Å². The zero-order valence-corrected chi connectivity index (χ0v) is 21.8. The highest BCUT2D eigenvalue weighted by Crippen LogP contribution is 2.32. The highest BCUT2D eigenvalue weighted by molar-refractivity contribution is 7.88. The number of anilines is 1. The van der Waals surface area contributed by atoms with Crippen LogP contribution in [0.15, 0.2) is 24.4 Å². The van der Waals surface area contributed by atoms with Gasteiger partial charge in [0.25, 0.3) is 5.91 Å². The molecule has 36 heavy (non-hydrogen) atoms. The predicted octanol–water partition coefficient (Wildman–Crippen LogP) is 2.15. The molecule has 0 N–H and O–H groups in total. The van der Waals surface area contributed by atoms with E-state index in [-0.39, 0.29) is 32.1 Å². The summed E-state index contributed by atoms with van der Waals surface area (Å²) in [7, 11) is -3.33. The molecule has 2 aliphatic heterocycles. The Morgan fingerprint density at radius 3 is 2.17 bits per heavy atom. The van der Waals surface area contributed by atoms with Gasteiger partial charge in [0.1, 0.15) is 11.4 Å². The molecule has 0 unspecified atom stereocenters. The number of carbonyl (C=O) groups is 2. The van der Waals surface area contributed by atoms with Gasteiger partial charge in [0, 0.05) is 63.9 Å². The standard InChI is InChI=1S/C24H32FN5O5S/c1-24(2,3)35-23(32)29-9-7-27(8-10-29)21-18-15-17(25)5-6-20(18)26-16-19(21)22(31)28-11-13-30(14-12-28)36(4,33)34/h5-6,15-16H,7-14H2,1-4H3. The van der Waals surface area contributed by atoms with Crippen molar-refractivity contribution in [1.82, 2.24) is 19.1 Å². The Kier molecular flexibility index (Phi) is 7.11. The van der Waals surface area contributed by atoms with Crippen molar-refractivity contribution in [2.75, 3.05) is 63.5 Å². The molecule has 196 valence electrons. The Hall–Kier alpha value is -2.99. The number of benzene rings is 1. The van der Waals surface area contributed by atoms with Gasteiger partial charge < -0.3 is 19.4 Å². The molecule has 10 nitrogen and oxygen atoms in total. The van der Waals surface area contributed by atoms with Crippen LogP contribution in [0.5, 0.6) is 0 Å². The first-order chi connectivity index (χ1) is 16.8. The Bertz CT molecular complexity index is 1260. The maximum Gasteiger partial charge on any atom is 0.410 e. The molecular formula is C24H32FN5O5S. The van der Waals surface area contributed by atoms with Crippen molar-refractivity contribution in [3.8, 4) is 0 Å². The fraction of sp³-hybridized carbons (Fsp3) is 0.542. The number of carbonyl (C=O) groups excluding carboxylic acids is 2. The fourth-order valence-electron chi connectivity index (χ4n) is 4.48. The van der Waals surface area contributed by atoms with Gasteiger partial charge >= 0.3 is 6.09 Å². The third-order valence-electron chi connectivity index (χ3n) is 6.27. The van der Waals surface area contributed by atoms with E-state index in [1.165, 1.54) is 22.6 Å². The Morgan fingerprint density at radius 1 is 0.972 bits per heavy atom. The summed E-state index contributed by atoms with van der Waals surface area (Å²) in [5.41, 5.74) is 0.846. The van der Waals surface area contributed by atoms with Gasteiger partial charge in [-0.3, -0.25) is 9.78 Å². The summed E-state index contributed by atoms with van der Waals surface area (Å²) in [6, 6.07) is 4.27. The number of halogens is 1. The molecule has 0 saturated carbocycles. The zero-order valence-electron chi connectivity index (χ0n) is 21.0. The fourth-order valence-corrected chi connectivity index (χ4v) is 5.31. The third kappa shape index (κ3) is 5.70. The van der Waals surface area contributed by atoms with Gasteiger partial charge in [-0.05, 0) is 39.0 Å². The van der Waals surface area contributed by atoms with Crippen LogP contribution < -0.4 is 4.90 Å². The first-order valence-corrected chi connectivity index (χ1v) is 13.7. The van der Waals surface area contributed by atoms with Crippen molar-refractivity contribution in [2.24, 2.45) is 0 Å². The molecular weight excluding hydrogens is 489 g/mol. The zero-order chi connectivity index (χ0) is 26.3. The van der Waals surface area contributed by atoms with Crippen LogP contribution in [0.2, 0.25) is 0 Å². The minimum atomic E-state index is -3.33. The maximum atomic E-state index is 14.3. The number of ether oxygens (including phenoxy) is 1. The number of pyridine rings is 1. The van der Waals surface area contributed by atoms with Crippen LogP contribution in [0.3, 0.4) is 0 Å². The summed E-state index contributed by atoms with van der Waals surface area (Å²) in [6.07, 6.45) is 2.26. The van der Waals surface area contributed by atoms with Crippen molar-refractivity contribution >= 4 is 38.6 Å². The largest absolute Gasteiger partial charge is 0.444 e. The molecule has 1 aromatic heterocycles. The Balaban J connectivity index is 1.61. The van der Waals surface area contributed by atoms with Crippen LogP contribution in [0.25, 0.3) is 10.9 Å². The molecule has 0 aliphatic carbocycles. The lowest BCUT2D eigenvalue weighted by atomic mass is 10.1. The lowest BCUT2D eigenvalue weighted by Crippen LogP contribution is -2.52. The summed E-state index contributed by atoms with van der Waals surface area (Å²) >= 11 is 0. The Morgan fingerprint density at radius 2 is 1.58 bits per heavy atom. The topological polar surface area (TPSA) is 103 Å². The highest BCUT2D eigenvalue weighted by Gasteiger charge is 2.32. The summed E-state index contributed by atoms with van der Waals surface area (Å²) < 4.78 is 44.8. The summed E-state index contributed by atoms with van der Waals surface area (Å²) in [5, 5.41) is 0.515. The molecule has 12 heteroatoms. The van der Waals surface area contributed by atoms with Crippen LogP contribution in [0, 0.1) is 5.82 Å². The number of fused-ring (bicyclic) bond motifs is 1. The van der Waals surface area contributed by atoms with Crippen LogP contribution in [0.4, 0.5) is 14.9 Å². The van der Waals surface area contributed by atoms with Gasteiger partial charge in [-0.15, -0.1) is 0 Å². The number of piperazine rings is 2. The second-order valence-electron chi connectivity index (χ2n) is 10.1. The van der Waals surface area contributed by atoms with E-state index >= 15 is 0 Å². The van der Waals surface area contributed by atoms with Gasteiger partial charge in [0.05, 0.1) is 23.0 Å². The van der Waals surface area contributed by atoms with E-state index in [4.69, 9.17) is 4.74 Å². The normalized spacial score (nSPS) is 18.0. The summed E-state index contributed by atoms with van der Waals surface area (Å²) in [6.45, 7) is 7.98. The number of rotatable bonds is 3. The molecule has 2 fully saturated rings. The van der Waals surface area contributed by atoms with Crippen LogP contribution in [0.1, 0.15) is 31.1 Å². The second kappa shape index (κ2) is 9.81. The van der Waals surface area contributed by atoms with Crippen molar-refractivity contribution in [3.05, 3.63) is 35.8 Å². The van der Waals surface area contributed by atoms with E-state index < -0.39 is 27.5 Å². The van der Waals surface area contributed by atoms with E-state index in [2.05, 4.69) is 4.98 Å². The molecule has 0 radical (unpaired) electrons. The van der Waals surface area contributed by atoms with Crippen LogP contribution in [-0.2, 0) is 14.8 Å². The molecule has 2 aromatic rings. The minimum absolute atomic E-state index is 0.212. The second-order valence-corrected chi connectivity index (χ2v) is 12.1. The molecule has 2 saturated heterocycles. The lowest BCUT2D eigenvalue weighted by molar-refractivity contribution is 0.0240. The Labute approximate surface area is 210 Å². The van der Waals surface area contributed by atoms with E-state index in [9.17, 15) is 22.4 Å². The SMILES string of the molecule is CC(C)(C)OC(=O)N1CCN(c2c(C(=O)N3CCN(S(C)(=O)=O)CC3)cnc3ccc(F)cc23)CC1. The van der Waals surface area contributed by atoms with Gasteiger partial charge in [0.2, 0.25) is 10.0 Å². The first kappa shape index (κ1) is 26.1. The van der Waals surface area contributed by atoms with Gasteiger partial charge in [-0.2, -0.15) is 4.31 Å². The third-order valence-corrected chi connectivity index (χ3v) is 7.58. The van der Waals surface area contributed by atoms with E-state index in [1.54, 1.807) is 15.9 Å². The molecule has 0 atom stereocenters. The lowest BCUT2D eigenvalue weighted by Gasteiger charge is -2.38. The summed E-state index contributed by atoms with van der Waals surface area (Å²) in [5.74, 6) is -0.726. The van der Waals surface area contributed by atoms with E-state index in [0.29, 0.717) is 48.3 Å². The van der Waals surface area contributed by atoms with Crippen molar-refractivity contribution in [2.45, 2.75) is 26.4 Å². The summed E-state index contributed by atoms with van der Waals surface area (Å²) in [4.78, 5) is 35.7. The van der Waals surface area contributed by atoms with Gasteiger partial charge in [-0.25, -0.2) is 17.6 Å². The van der Waals surface area contributed by atoms with Gasteiger partial charge in [-0.1, -0.05) is 0 Å². The number of hydrogen-bond donors (Lipinski definition) is 0. The first-order valence-electron chi connectivity index (χ1n) is 11.9. The van der Waals surface area contributed by atoms with E-state index in [1.807, 2.05) is 25.7 Å². The monoisotopic (exact) mass is 521 g/mol. The number of amides is 2. The predicted molar refractivity (Wildman–Crippen MR) is 134 cm³/mol. The number of nitrogens with zero attached hydrogens (tertiary/aromatic N) is 5. The van der Waals surface area contributed by atoms with Crippen molar-refractivity contribution < 1.29 is 27.1 Å². The molecule has 0 bridgehead atoms. The minimum Gasteiger partial charge on any atom is -0.444 e. The molecule has 3 heterocycles. The number of aromatic nitrogens is 1. The van der Waals surface area contributed by atoms with Gasteiger partial charge in [0.15, 0.2) is 0 Å². The average molecular weight is 522 g/mol. The van der Waals surface area contributed by atoms with E-state index in [0.717, 1.165) is 6.26 Å². The molecule has 0 spiro atoms. The highest BCUT2D eigenvalue weighted by atomic mass is 32.2. The smallest absolute Gasteiger partial charge is 0.410 e. The maximum absolute atomic E-state index is 14.3. The number of hydrogen-bond acceptors (Lipinski definition) is 7. The molecule has 1 aromatic carbocycles. The molecule has 2 amide bonds. The quantitative estimate of drug-likeness (QED) is 0.610. The number of sulfonamides is 1. The molecule has 2 aliphatic rings.